The highest BCUT2D eigenvalue weighted by Crippen LogP contribution is 2.26. The van der Waals surface area contributed by atoms with E-state index < -0.39 is 24.1 Å². The lowest BCUT2D eigenvalue weighted by Gasteiger charge is -2.33. The van der Waals surface area contributed by atoms with Crippen LogP contribution in [0.5, 0.6) is 0 Å². The number of alkyl halides is 1. The quantitative estimate of drug-likeness (QED) is 0.563. The fourth-order valence-corrected chi connectivity index (χ4v) is 3.57. The minimum absolute atomic E-state index is 0.0648. The van der Waals surface area contributed by atoms with Crippen LogP contribution in [-0.2, 0) is 0 Å². The summed E-state index contributed by atoms with van der Waals surface area (Å²) in [4.78, 5) is 25.4. The maximum absolute atomic E-state index is 13.9. The molecule has 1 aromatic carbocycles. The first-order valence-electron chi connectivity index (χ1n) is 9.38. The van der Waals surface area contributed by atoms with Crippen molar-refractivity contribution in [1.82, 2.24) is 19.9 Å². The van der Waals surface area contributed by atoms with E-state index in [2.05, 4.69) is 20.3 Å². The summed E-state index contributed by atoms with van der Waals surface area (Å²) < 4.78 is 27.7. The van der Waals surface area contributed by atoms with E-state index in [1.165, 1.54) is 18.3 Å². The highest BCUT2D eigenvalue weighted by atomic mass is 19.1. The zero-order chi connectivity index (χ0) is 21.4. The van der Waals surface area contributed by atoms with E-state index in [4.69, 9.17) is 10.8 Å². The maximum atomic E-state index is 13.9. The molecule has 4 rings (SSSR count). The lowest BCUT2D eigenvalue weighted by molar-refractivity contribution is 0.102. The third-order valence-electron chi connectivity index (χ3n) is 5.04. The van der Waals surface area contributed by atoms with Crippen LogP contribution in [0.4, 0.5) is 25.2 Å². The first-order chi connectivity index (χ1) is 14.3. The molecule has 0 aliphatic carbocycles. The summed E-state index contributed by atoms with van der Waals surface area (Å²) >= 11 is 0. The number of nitrogens with one attached hydrogen (secondary N) is 1. The van der Waals surface area contributed by atoms with Gasteiger partial charge in [-0.2, -0.15) is 0 Å². The van der Waals surface area contributed by atoms with Gasteiger partial charge in [-0.15, -0.1) is 0 Å². The SMILES string of the molecule is Cc1cc(-c2ccc(N)c(F)c2)nc2cnc(N[C@H]3C[C@H](F)CN(C(=O)O)C3)nc12. The molecule has 0 unspecified atom stereocenters. The first kappa shape index (κ1) is 19.7. The first-order valence-corrected chi connectivity index (χ1v) is 9.38. The molecule has 8 nitrogen and oxygen atoms in total. The highest BCUT2D eigenvalue weighted by Gasteiger charge is 2.30. The molecule has 0 spiro atoms. The van der Waals surface area contributed by atoms with E-state index in [0.29, 0.717) is 22.3 Å². The van der Waals surface area contributed by atoms with Gasteiger partial charge >= 0.3 is 6.09 Å². The van der Waals surface area contributed by atoms with Gasteiger partial charge in [-0.25, -0.2) is 28.5 Å². The molecule has 0 bridgehead atoms. The maximum Gasteiger partial charge on any atom is 0.407 e. The molecule has 4 N–H and O–H groups in total. The Hall–Kier alpha value is -3.56. The van der Waals surface area contributed by atoms with Crippen LogP contribution in [0.15, 0.2) is 30.5 Å². The number of pyridine rings is 1. The summed E-state index contributed by atoms with van der Waals surface area (Å²) in [6.45, 7) is 1.86. The highest BCUT2D eigenvalue weighted by molar-refractivity contribution is 5.81. The zero-order valence-electron chi connectivity index (χ0n) is 16.1. The molecule has 1 aliphatic rings. The van der Waals surface area contributed by atoms with Gasteiger partial charge in [0.2, 0.25) is 5.95 Å². The molecular weight excluding hydrogens is 394 g/mol. The van der Waals surface area contributed by atoms with E-state index in [1.54, 1.807) is 12.1 Å². The van der Waals surface area contributed by atoms with Crippen LogP contribution in [0.3, 0.4) is 0 Å². The van der Waals surface area contributed by atoms with E-state index in [-0.39, 0.29) is 31.1 Å². The summed E-state index contributed by atoms with van der Waals surface area (Å²) in [5.41, 5.74) is 8.66. The van der Waals surface area contributed by atoms with Crippen molar-refractivity contribution in [2.75, 3.05) is 24.1 Å². The molecule has 10 heteroatoms. The summed E-state index contributed by atoms with van der Waals surface area (Å²) in [5.74, 6) is -0.250. The number of anilines is 2. The lowest BCUT2D eigenvalue weighted by atomic mass is 10.0. The van der Waals surface area contributed by atoms with Gasteiger partial charge in [0, 0.05) is 24.6 Å². The number of carbonyl (C=O) groups is 1. The standard InChI is InChI=1S/C20H20F2N6O2/c1-10-4-16(11-2-3-15(23)14(22)5-11)26-17-7-24-19(27-18(10)17)25-13-6-12(21)8-28(9-13)20(29)30/h2-5,7,12-13H,6,8-9,23H2,1H3,(H,29,30)(H,24,25,27)/t12-,13-/m0/s1. The Labute approximate surface area is 170 Å². The number of hydrogen-bond acceptors (Lipinski definition) is 6. The minimum atomic E-state index is -1.25. The molecule has 1 aliphatic heterocycles. The smallest absolute Gasteiger partial charge is 0.407 e. The molecule has 1 amide bonds. The second-order valence-corrected chi connectivity index (χ2v) is 7.35. The number of nitrogen functional groups attached to an aromatic ring is 1. The summed E-state index contributed by atoms with van der Waals surface area (Å²) in [7, 11) is 0. The monoisotopic (exact) mass is 414 g/mol. The number of nitrogens with zero attached hydrogens (tertiary/aromatic N) is 4. The molecule has 156 valence electrons. The van der Waals surface area contributed by atoms with Crippen molar-refractivity contribution in [3.63, 3.8) is 0 Å². The number of carboxylic acid groups (broad SMARTS) is 1. The predicted molar refractivity (Wildman–Crippen MR) is 108 cm³/mol. The molecule has 0 saturated carbocycles. The van der Waals surface area contributed by atoms with Crippen molar-refractivity contribution in [3.8, 4) is 11.3 Å². The van der Waals surface area contributed by atoms with Crippen LogP contribution in [0.25, 0.3) is 22.3 Å². The van der Waals surface area contributed by atoms with E-state index in [1.807, 2.05) is 6.92 Å². The Morgan fingerprint density at radius 2 is 2.10 bits per heavy atom. The van der Waals surface area contributed by atoms with Crippen molar-refractivity contribution >= 4 is 28.8 Å². The second-order valence-electron chi connectivity index (χ2n) is 7.35. The molecule has 0 radical (unpaired) electrons. The molecule has 1 fully saturated rings. The van der Waals surface area contributed by atoms with Gasteiger partial charge in [0.05, 0.1) is 29.6 Å². The van der Waals surface area contributed by atoms with E-state index >= 15 is 0 Å². The van der Waals surface area contributed by atoms with Gasteiger partial charge in [-0.3, -0.25) is 0 Å². The predicted octanol–water partition coefficient (Wildman–Crippen LogP) is 3.22. The molecule has 2 aromatic heterocycles. The van der Waals surface area contributed by atoms with Gasteiger partial charge in [0.15, 0.2) is 0 Å². The Balaban J connectivity index is 1.61. The van der Waals surface area contributed by atoms with Crippen molar-refractivity contribution in [2.45, 2.75) is 25.6 Å². The molecule has 1 saturated heterocycles. The number of nitrogens with two attached hydrogens (primary N) is 1. The summed E-state index contributed by atoms with van der Waals surface area (Å²) in [6.07, 6.45) is -0.710. The lowest BCUT2D eigenvalue weighted by Crippen LogP contribution is -2.49. The van der Waals surface area contributed by atoms with E-state index in [9.17, 15) is 13.6 Å². The largest absolute Gasteiger partial charge is 0.465 e. The minimum Gasteiger partial charge on any atom is -0.465 e. The normalized spacial score (nSPS) is 19.1. The second kappa shape index (κ2) is 7.69. The van der Waals surface area contributed by atoms with Crippen LogP contribution in [-0.4, -0.2) is 56.4 Å². The zero-order valence-corrected chi connectivity index (χ0v) is 16.1. The Bertz CT molecular complexity index is 1130. The molecular formula is C20H20F2N6O2. The number of fused-ring (bicyclic) bond motifs is 1. The number of halogens is 2. The fourth-order valence-electron chi connectivity index (χ4n) is 3.57. The van der Waals surface area contributed by atoms with Crippen molar-refractivity contribution in [1.29, 1.82) is 0 Å². The molecule has 3 heterocycles. The average Bonchev–Trinajstić information content (AvgIpc) is 2.70. The van der Waals surface area contributed by atoms with Crippen LogP contribution < -0.4 is 11.1 Å². The molecule has 2 atom stereocenters. The number of amides is 1. The van der Waals surface area contributed by atoms with Crippen LogP contribution in [0.2, 0.25) is 0 Å². The van der Waals surface area contributed by atoms with Crippen molar-refractivity contribution in [2.24, 2.45) is 0 Å². The Morgan fingerprint density at radius 1 is 1.30 bits per heavy atom. The summed E-state index contributed by atoms with van der Waals surface area (Å²) in [6, 6.07) is 5.84. The van der Waals surface area contributed by atoms with Crippen molar-refractivity contribution in [3.05, 3.63) is 41.8 Å². The number of hydrogen-bond donors (Lipinski definition) is 3. The van der Waals surface area contributed by atoms with Gasteiger partial charge in [0.25, 0.3) is 0 Å². The Kier molecular flexibility index (Phi) is 5.06. The molecule has 3 aromatic rings. The van der Waals surface area contributed by atoms with Crippen LogP contribution in [0.1, 0.15) is 12.0 Å². The molecule has 30 heavy (non-hydrogen) atoms. The summed E-state index contributed by atoms with van der Waals surface area (Å²) in [5, 5.41) is 12.1. The van der Waals surface area contributed by atoms with Gasteiger partial charge in [0.1, 0.15) is 17.5 Å². The fraction of sp³-hybridized carbons (Fsp3) is 0.300. The number of rotatable bonds is 3. The van der Waals surface area contributed by atoms with Crippen LogP contribution in [0, 0.1) is 12.7 Å². The van der Waals surface area contributed by atoms with Crippen molar-refractivity contribution < 1.29 is 18.7 Å². The van der Waals surface area contributed by atoms with E-state index in [0.717, 1.165) is 10.5 Å². The van der Waals surface area contributed by atoms with Crippen LogP contribution >= 0.6 is 0 Å². The average molecular weight is 414 g/mol. The van der Waals surface area contributed by atoms with Gasteiger partial charge in [-0.1, -0.05) is 6.07 Å². The number of aryl methyl sites for hydroxylation is 1. The van der Waals surface area contributed by atoms with Gasteiger partial charge < -0.3 is 21.1 Å². The number of aromatic nitrogens is 3. The number of piperidine rings is 1. The topological polar surface area (TPSA) is 117 Å². The number of benzene rings is 1. The third-order valence-corrected chi connectivity index (χ3v) is 5.04. The Morgan fingerprint density at radius 3 is 2.83 bits per heavy atom. The number of likely N-dealkylation sites (tertiary alicyclic amines) is 1. The third kappa shape index (κ3) is 3.93. The van der Waals surface area contributed by atoms with Gasteiger partial charge in [-0.05, 0) is 30.7 Å².